The molecule has 4 nitrogen and oxygen atoms in total. The van der Waals surface area contributed by atoms with Crippen molar-refractivity contribution in [3.8, 4) is 0 Å². The molecular weight excluding hydrogens is 686 g/mol. The quantitative estimate of drug-likeness (QED) is 0.0736. The van der Waals surface area contributed by atoms with Crippen molar-refractivity contribution in [2.75, 3.05) is 18.1 Å². The molecule has 4 aromatic rings. The van der Waals surface area contributed by atoms with Crippen LogP contribution in [-0.4, -0.2) is 49.4 Å². The van der Waals surface area contributed by atoms with Gasteiger partial charge in [0.1, 0.15) is 12.2 Å². The van der Waals surface area contributed by atoms with Gasteiger partial charge in [0.05, 0.1) is 6.04 Å². The highest BCUT2D eigenvalue weighted by molar-refractivity contribution is 7.99. The lowest BCUT2D eigenvalue weighted by Crippen LogP contribution is -2.66. The van der Waals surface area contributed by atoms with Crippen LogP contribution in [0.1, 0.15) is 63.8 Å². The van der Waals surface area contributed by atoms with Gasteiger partial charge >= 0.3 is 0 Å². The maximum atomic E-state index is 14.3. The van der Waals surface area contributed by atoms with Gasteiger partial charge in [0.15, 0.2) is 0 Å². The summed E-state index contributed by atoms with van der Waals surface area (Å²) < 4.78 is 13.8. The SMILES string of the molecule is C=CC[C@H]1O[C@H](c2cccc(Cl)c2)[C@@H](c2ccc(Cl)cc2)N(C(CC)CSCCO[Si](c2ccccc2)(c2ccccc2)C(C)(C)C)C1=O. The number of ether oxygens (including phenoxy) is 1. The van der Waals surface area contributed by atoms with Gasteiger partial charge in [0.2, 0.25) is 0 Å². The lowest BCUT2D eigenvalue weighted by Gasteiger charge is -2.48. The number of hydrogen-bond acceptors (Lipinski definition) is 4. The van der Waals surface area contributed by atoms with E-state index in [4.69, 9.17) is 32.4 Å². The molecule has 1 aliphatic heterocycles. The van der Waals surface area contributed by atoms with E-state index >= 15 is 0 Å². The smallest absolute Gasteiger partial charge is 0.261 e. The van der Waals surface area contributed by atoms with E-state index < -0.39 is 20.5 Å². The Hall–Kier alpha value is -2.84. The topological polar surface area (TPSA) is 38.8 Å². The third kappa shape index (κ3) is 8.38. The highest BCUT2D eigenvalue weighted by atomic mass is 35.5. The fraction of sp³-hybridized carbons (Fsp3) is 0.341. The van der Waals surface area contributed by atoms with Crippen molar-refractivity contribution >= 4 is 59.6 Å². The molecule has 1 heterocycles. The fourth-order valence-electron chi connectivity index (χ4n) is 7.04. The first-order valence-corrected chi connectivity index (χ1v) is 20.8. The summed E-state index contributed by atoms with van der Waals surface area (Å²) in [4.78, 5) is 16.4. The van der Waals surface area contributed by atoms with Crippen LogP contribution in [0.4, 0.5) is 0 Å². The molecule has 8 heteroatoms. The normalized spacial score (nSPS) is 19.1. The third-order valence-electron chi connectivity index (χ3n) is 9.33. The molecule has 4 atom stereocenters. The van der Waals surface area contributed by atoms with Crippen molar-refractivity contribution < 1.29 is 14.0 Å². The second-order valence-electron chi connectivity index (χ2n) is 13.5. The Morgan fingerprint density at radius 2 is 1.53 bits per heavy atom. The lowest BCUT2D eigenvalue weighted by atomic mass is 9.89. The number of benzene rings is 4. The molecule has 0 radical (unpaired) electrons. The number of rotatable bonds is 14. The molecule has 1 unspecified atom stereocenters. The number of thioether (sulfide) groups is 1. The van der Waals surface area contributed by atoms with Crippen molar-refractivity contribution in [3.63, 3.8) is 0 Å². The number of nitrogens with zero attached hydrogens (tertiary/aromatic N) is 1. The van der Waals surface area contributed by atoms with Crippen molar-refractivity contribution in [3.05, 3.63) is 143 Å². The van der Waals surface area contributed by atoms with Crippen molar-refractivity contribution in [2.45, 2.75) is 69.9 Å². The Morgan fingerprint density at radius 1 is 0.898 bits per heavy atom. The van der Waals surface area contributed by atoms with Crippen LogP contribution in [0.25, 0.3) is 0 Å². The molecule has 49 heavy (non-hydrogen) atoms. The van der Waals surface area contributed by atoms with Gasteiger partial charge in [0.25, 0.3) is 14.2 Å². The Balaban J connectivity index is 1.41. The molecule has 4 aromatic carbocycles. The maximum Gasteiger partial charge on any atom is 0.261 e. The molecule has 0 N–H and O–H groups in total. The highest BCUT2D eigenvalue weighted by Gasteiger charge is 2.50. The number of hydrogen-bond donors (Lipinski definition) is 0. The molecule has 0 aromatic heterocycles. The second kappa shape index (κ2) is 16.9. The van der Waals surface area contributed by atoms with Gasteiger partial charge in [-0.25, -0.2) is 0 Å². The van der Waals surface area contributed by atoms with Crippen molar-refractivity contribution in [2.24, 2.45) is 0 Å². The van der Waals surface area contributed by atoms with Crippen LogP contribution in [0.2, 0.25) is 15.1 Å². The van der Waals surface area contributed by atoms with E-state index in [9.17, 15) is 4.79 Å². The molecule has 0 bridgehead atoms. The molecule has 1 saturated heterocycles. The first-order chi connectivity index (χ1) is 23.6. The predicted molar refractivity (Wildman–Crippen MR) is 210 cm³/mol. The molecule has 0 aliphatic carbocycles. The van der Waals surface area contributed by atoms with Crippen LogP contribution in [0.5, 0.6) is 0 Å². The second-order valence-corrected chi connectivity index (χ2v) is 19.8. The van der Waals surface area contributed by atoms with Crippen molar-refractivity contribution in [1.82, 2.24) is 4.90 Å². The summed E-state index contributed by atoms with van der Waals surface area (Å²) in [6.45, 7) is 13.6. The van der Waals surface area contributed by atoms with Gasteiger partial charge in [-0.15, -0.1) is 6.58 Å². The zero-order valence-electron chi connectivity index (χ0n) is 28.9. The number of amides is 1. The van der Waals surface area contributed by atoms with E-state index in [1.807, 2.05) is 60.3 Å². The van der Waals surface area contributed by atoms with Crippen molar-refractivity contribution in [1.29, 1.82) is 0 Å². The van der Waals surface area contributed by atoms with Crippen LogP contribution >= 0.6 is 35.0 Å². The first kappa shape index (κ1) is 37.4. The molecule has 1 amide bonds. The van der Waals surface area contributed by atoms with E-state index in [0.29, 0.717) is 23.1 Å². The Labute approximate surface area is 307 Å². The number of morpholine rings is 1. The van der Waals surface area contributed by atoms with Crippen LogP contribution in [0.15, 0.2) is 122 Å². The van der Waals surface area contributed by atoms with Crippen LogP contribution in [0, 0.1) is 0 Å². The van der Waals surface area contributed by atoms with Gasteiger partial charge in [-0.1, -0.05) is 142 Å². The summed E-state index contributed by atoms with van der Waals surface area (Å²) in [5, 5.41) is 3.73. The zero-order chi connectivity index (χ0) is 35.0. The minimum atomic E-state index is -2.63. The predicted octanol–water partition coefficient (Wildman–Crippen LogP) is 9.67. The summed E-state index contributed by atoms with van der Waals surface area (Å²) in [6, 6.07) is 36.6. The van der Waals surface area contributed by atoms with E-state index in [-0.39, 0.29) is 23.0 Å². The minimum absolute atomic E-state index is 0.0193. The summed E-state index contributed by atoms with van der Waals surface area (Å²) in [6.07, 6.45) is 1.93. The third-order valence-corrected chi connectivity index (χ3v) is 15.9. The van der Waals surface area contributed by atoms with Gasteiger partial charge in [-0.05, 0) is 57.2 Å². The Bertz CT molecular complexity index is 1630. The molecular formula is C41H47Cl2NO3SSi. The van der Waals surface area contributed by atoms with Crippen LogP contribution in [-0.2, 0) is 14.0 Å². The molecule has 5 rings (SSSR count). The van der Waals surface area contributed by atoms with E-state index in [1.165, 1.54) is 10.4 Å². The first-order valence-electron chi connectivity index (χ1n) is 17.0. The van der Waals surface area contributed by atoms with E-state index in [0.717, 1.165) is 29.1 Å². The molecule has 0 spiro atoms. The standard InChI is InChI=1S/C41H47Cl2NO3SSi/c1-6-15-37-40(45)44(38(30-22-24-32(42)25-23-30)39(47-37)31-16-14-17-33(43)28-31)34(7-2)29-48-27-26-46-49(41(3,4)5,35-18-10-8-11-19-35)36-20-12-9-13-21-36/h6,8-14,16-25,28,34,37-39H,1,7,15,26-27,29H2,2-5H3/t34?,37-,38-,39-/m1/s1. The average molecular weight is 733 g/mol. The van der Waals surface area contributed by atoms with Crippen LogP contribution < -0.4 is 10.4 Å². The number of carbonyl (C=O) groups is 1. The summed E-state index contributed by atoms with van der Waals surface area (Å²) >= 11 is 14.7. The molecule has 0 saturated carbocycles. The monoisotopic (exact) mass is 731 g/mol. The number of carbonyl (C=O) groups excluding carboxylic acids is 1. The van der Waals surface area contributed by atoms with E-state index in [2.05, 4.69) is 99.8 Å². The lowest BCUT2D eigenvalue weighted by molar-refractivity contribution is -0.178. The molecule has 1 fully saturated rings. The van der Waals surface area contributed by atoms with Gasteiger partial charge in [-0.3, -0.25) is 4.79 Å². The number of halogens is 2. The highest BCUT2D eigenvalue weighted by Crippen LogP contribution is 2.45. The zero-order valence-corrected chi connectivity index (χ0v) is 32.2. The minimum Gasteiger partial charge on any atom is -0.407 e. The van der Waals surface area contributed by atoms with Gasteiger partial charge in [-0.2, -0.15) is 11.8 Å². The summed E-state index contributed by atoms with van der Waals surface area (Å²) in [5.74, 6) is 1.55. The Kier molecular flexibility index (Phi) is 12.9. The van der Waals surface area contributed by atoms with E-state index in [1.54, 1.807) is 6.08 Å². The maximum absolute atomic E-state index is 14.3. The van der Waals surface area contributed by atoms with Gasteiger partial charge < -0.3 is 14.1 Å². The fourth-order valence-corrected chi connectivity index (χ4v) is 13.1. The summed E-state index contributed by atoms with van der Waals surface area (Å²) in [7, 11) is -2.63. The largest absolute Gasteiger partial charge is 0.407 e. The van der Waals surface area contributed by atoms with Gasteiger partial charge in [0, 0.05) is 40.6 Å². The Morgan fingerprint density at radius 3 is 2.08 bits per heavy atom. The average Bonchev–Trinajstić information content (AvgIpc) is 3.10. The van der Waals surface area contributed by atoms with Crippen LogP contribution in [0.3, 0.4) is 0 Å². The summed E-state index contributed by atoms with van der Waals surface area (Å²) in [5.41, 5.74) is 1.90. The molecule has 258 valence electrons. The molecule has 1 aliphatic rings.